The minimum Gasteiger partial charge on any atom is -0.481 e. The number of rotatable bonds is 3. The van der Waals surface area contributed by atoms with Crippen molar-refractivity contribution in [2.24, 2.45) is 5.92 Å². The number of aryl methyl sites for hydroxylation is 2. The van der Waals surface area contributed by atoms with Crippen LogP contribution in [0.25, 0.3) is 0 Å². The Balaban J connectivity index is 1.87. The second kappa shape index (κ2) is 5.87. The normalized spacial score (nSPS) is 20.7. The van der Waals surface area contributed by atoms with Gasteiger partial charge in [-0.25, -0.2) is 4.98 Å². The molecule has 1 aromatic heterocycles. The van der Waals surface area contributed by atoms with E-state index in [1.807, 2.05) is 30.3 Å². The van der Waals surface area contributed by atoms with E-state index in [9.17, 15) is 14.7 Å². The summed E-state index contributed by atoms with van der Waals surface area (Å²) in [7, 11) is 0. The van der Waals surface area contributed by atoms with Crippen LogP contribution in [0, 0.1) is 19.8 Å². The van der Waals surface area contributed by atoms with Crippen LogP contribution >= 0.6 is 0 Å². The summed E-state index contributed by atoms with van der Waals surface area (Å²) < 4.78 is 5.38. The molecule has 0 radical (unpaired) electrons. The van der Waals surface area contributed by atoms with E-state index in [2.05, 4.69) is 4.98 Å². The highest BCUT2D eigenvalue weighted by atomic mass is 16.4. The van der Waals surface area contributed by atoms with Gasteiger partial charge in [0.1, 0.15) is 0 Å². The van der Waals surface area contributed by atoms with Crippen molar-refractivity contribution in [3.05, 3.63) is 53.2 Å². The first-order chi connectivity index (χ1) is 11.0. The average Bonchev–Trinajstić information content (AvgIpc) is 3.11. The fourth-order valence-electron chi connectivity index (χ4n) is 3.13. The van der Waals surface area contributed by atoms with Crippen LogP contribution < -0.4 is 0 Å². The quantitative estimate of drug-likeness (QED) is 0.939. The molecule has 2 aromatic rings. The van der Waals surface area contributed by atoms with Gasteiger partial charge in [0.2, 0.25) is 5.76 Å². The number of hydrogen-bond acceptors (Lipinski definition) is 4. The standard InChI is InChI=1S/C17H18N2O4/c1-10-15(23-11(2)18-10)16(20)19-8-13(14(9-19)17(21)22)12-6-4-3-5-7-12/h3-7,13-14H,8-9H2,1-2H3,(H,21,22)/t13-,14-/m0/s1. The molecule has 0 saturated carbocycles. The van der Waals surface area contributed by atoms with Gasteiger partial charge in [-0.1, -0.05) is 30.3 Å². The topological polar surface area (TPSA) is 83.6 Å². The number of aliphatic carboxylic acids is 1. The van der Waals surface area contributed by atoms with Gasteiger partial charge in [-0.3, -0.25) is 9.59 Å². The van der Waals surface area contributed by atoms with E-state index >= 15 is 0 Å². The molecular weight excluding hydrogens is 296 g/mol. The van der Waals surface area contributed by atoms with E-state index in [0.717, 1.165) is 5.56 Å². The summed E-state index contributed by atoms with van der Waals surface area (Å²) in [5.74, 6) is -1.40. The van der Waals surface area contributed by atoms with Gasteiger partial charge in [0.15, 0.2) is 5.89 Å². The second-order valence-corrected chi connectivity index (χ2v) is 5.82. The summed E-state index contributed by atoms with van der Waals surface area (Å²) in [6, 6.07) is 9.44. The summed E-state index contributed by atoms with van der Waals surface area (Å²) >= 11 is 0. The van der Waals surface area contributed by atoms with Gasteiger partial charge in [0, 0.05) is 25.9 Å². The van der Waals surface area contributed by atoms with Crippen molar-refractivity contribution in [1.29, 1.82) is 0 Å². The van der Waals surface area contributed by atoms with Gasteiger partial charge < -0.3 is 14.4 Å². The number of hydrogen-bond donors (Lipinski definition) is 1. The third kappa shape index (κ3) is 2.84. The molecule has 1 aromatic carbocycles. The highest BCUT2D eigenvalue weighted by molar-refractivity contribution is 5.93. The first kappa shape index (κ1) is 15.3. The number of oxazole rings is 1. The molecule has 1 amide bonds. The van der Waals surface area contributed by atoms with Crippen LogP contribution in [-0.2, 0) is 4.79 Å². The van der Waals surface area contributed by atoms with Crippen LogP contribution in [0.1, 0.15) is 33.6 Å². The number of likely N-dealkylation sites (tertiary alicyclic amines) is 1. The van der Waals surface area contributed by atoms with E-state index in [4.69, 9.17) is 4.42 Å². The van der Waals surface area contributed by atoms with E-state index in [0.29, 0.717) is 18.1 Å². The molecule has 2 atom stereocenters. The molecule has 120 valence electrons. The van der Waals surface area contributed by atoms with Crippen molar-refractivity contribution < 1.29 is 19.1 Å². The average molecular weight is 314 g/mol. The lowest BCUT2D eigenvalue weighted by Crippen LogP contribution is -2.30. The van der Waals surface area contributed by atoms with Gasteiger partial charge in [-0.2, -0.15) is 0 Å². The molecule has 1 saturated heterocycles. The zero-order valence-corrected chi connectivity index (χ0v) is 13.0. The number of benzene rings is 1. The third-order valence-electron chi connectivity index (χ3n) is 4.25. The largest absolute Gasteiger partial charge is 0.481 e. The smallest absolute Gasteiger partial charge is 0.308 e. The van der Waals surface area contributed by atoms with Gasteiger partial charge in [0.05, 0.1) is 11.6 Å². The minimum absolute atomic E-state index is 0.174. The van der Waals surface area contributed by atoms with Crippen LogP contribution in [0.15, 0.2) is 34.7 Å². The van der Waals surface area contributed by atoms with Crippen LogP contribution in [0.3, 0.4) is 0 Å². The maximum Gasteiger partial charge on any atom is 0.308 e. The fraction of sp³-hybridized carbons (Fsp3) is 0.353. The molecule has 2 heterocycles. The number of aromatic nitrogens is 1. The van der Waals surface area contributed by atoms with Crippen LogP contribution in [0.5, 0.6) is 0 Å². The third-order valence-corrected chi connectivity index (χ3v) is 4.25. The lowest BCUT2D eigenvalue weighted by Gasteiger charge is -2.15. The van der Waals surface area contributed by atoms with Crippen molar-refractivity contribution in [2.75, 3.05) is 13.1 Å². The van der Waals surface area contributed by atoms with Crippen LogP contribution in [-0.4, -0.2) is 40.0 Å². The molecule has 0 bridgehead atoms. The maximum absolute atomic E-state index is 12.6. The zero-order valence-electron chi connectivity index (χ0n) is 13.0. The van der Waals surface area contributed by atoms with Gasteiger partial charge in [-0.15, -0.1) is 0 Å². The van der Waals surface area contributed by atoms with Crippen molar-refractivity contribution in [3.63, 3.8) is 0 Å². The Morgan fingerprint density at radius 3 is 2.48 bits per heavy atom. The first-order valence-electron chi connectivity index (χ1n) is 7.48. The molecule has 6 heteroatoms. The zero-order chi connectivity index (χ0) is 16.6. The van der Waals surface area contributed by atoms with Crippen molar-refractivity contribution in [1.82, 2.24) is 9.88 Å². The molecule has 1 aliphatic rings. The number of carbonyl (C=O) groups excluding carboxylic acids is 1. The molecular formula is C17H18N2O4. The Labute approximate surface area is 133 Å². The minimum atomic E-state index is -0.889. The van der Waals surface area contributed by atoms with E-state index in [-0.39, 0.29) is 24.1 Å². The number of carbonyl (C=O) groups is 2. The summed E-state index contributed by atoms with van der Waals surface area (Å²) in [6.07, 6.45) is 0. The van der Waals surface area contributed by atoms with Crippen molar-refractivity contribution >= 4 is 11.9 Å². The molecule has 0 unspecified atom stereocenters. The number of amides is 1. The molecule has 0 aliphatic carbocycles. The van der Waals surface area contributed by atoms with E-state index < -0.39 is 11.9 Å². The summed E-state index contributed by atoms with van der Waals surface area (Å²) in [4.78, 5) is 29.9. The first-order valence-corrected chi connectivity index (χ1v) is 7.48. The van der Waals surface area contributed by atoms with Gasteiger partial charge >= 0.3 is 5.97 Å². The predicted molar refractivity (Wildman–Crippen MR) is 82.2 cm³/mol. The molecule has 23 heavy (non-hydrogen) atoms. The van der Waals surface area contributed by atoms with Gasteiger partial charge in [0.25, 0.3) is 5.91 Å². The van der Waals surface area contributed by atoms with Crippen LogP contribution in [0.4, 0.5) is 0 Å². The second-order valence-electron chi connectivity index (χ2n) is 5.82. The number of carboxylic acids is 1. The molecule has 0 spiro atoms. The number of nitrogens with zero attached hydrogens (tertiary/aromatic N) is 2. The summed E-state index contributed by atoms with van der Waals surface area (Å²) in [5.41, 5.74) is 1.46. The highest BCUT2D eigenvalue weighted by Crippen LogP contribution is 2.33. The number of carboxylic acid groups (broad SMARTS) is 1. The monoisotopic (exact) mass is 314 g/mol. The van der Waals surface area contributed by atoms with Gasteiger partial charge in [-0.05, 0) is 12.5 Å². The molecule has 1 aliphatic heterocycles. The Bertz CT molecular complexity index is 738. The van der Waals surface area contributed by atoms with Crippen molar-refractivity contribution in [3.8, 4) is 0 Å². The fourth-order valence-corrected chi connectivity index (χ4v) is 3.13. The van der Waals surface area contributed by atoms with E-state index in [1.54, 1.807) is 18.7 Å². The van der Waals surface area contributed by atoms with Crippen LogP contribution in [0.2, 0.25) is 0 Å². The maximum atomic E-state index is 12.6. The predicted octanol–water partition coefficient (Wildman–Crippen LogP) is 2.23. The Kier molecular flexibility index (Phi) is 3.90. The molecule has 3 rings (SSSR count). The van der Waals surface area contributed by atoms with E-state index in [1.165, 1.54) is 0 Å². The lowest BCUT2D eigenvalue weighted by atomic mass is 9.89. The molecule has 6 nitrogen and oxygen atoms in total. The molecule has 1 N–H and O–H groups in total. The Morgan fingerprint density at radius 2 is 1.91 bits per heavy atom. The SMILES string of the molecule is Cc1nc(C)c(C(=O)N2C[C@H](C(=O)O)[C@H](c3ccccc3)C2)o1. The summed E-state index contributed by atoms with van der Waals surface area (Å²) in [6.45, 7) is 3.93. The highest BCUT2D eigenvalue weighted by Gasteiger charge is 2.41. The summed E-state index contributed by atoms with van der Waals surface area (Å²) in [5, 5.41) is 9.50. The van der Waals surface area contributed by atoms with Crippen molar-refractivity contribution in [2.45, 2.75) is 19.8 Å². The lowest BCUT2D eigenvalue weighted by molar-refractivity contribution is -0.141. The Morgan fingerprint density at radius 1 is 1.22 bits per heavy atom. The molecule has 1 fully saturated rings. The Hall–Kier alpha value is -2.63.